The Morgan fingerprint density at radius 1 is 1.11 bits per heavy atom. The fraction of sp³-hybridized carbons (Fsp3) is 0.333. The van der Waals surface area contributed by atoms with Crippen LogP contribution in [0.2, 0.25) is 0 Å². The first-order valence-electron chi connectivity index (χ1n) is 8.90. The van der Waals surface area contributed by atoms with Crippen molar-refractivity contribution in [3.05, 3.63) is 65.2 Å². The van der Waals surface area contributed by atoms with Crippen LogP contribution in [-0.4, -0.2) is 24.5 Å². The van der Waals surface area contributed by atoms with E-state index in [-0.39, 0.29) is 11.7 Å². The molecule has 1 amide bonds. The zero-order chi connectivity index (χ0) is 19.6. The third kappa shape index (κ3) is 4.15. The van der Waals surface area contributed by atoms with Crippen LogP contribution in [0.15, 0.2) is 42.5 Å². The number of hydrogen-bond donors (Lipinski definition) is 0. The Balaban J connectivity index is 2.01. The number of ether oxygens (including phenoxy) is 1. The molecule has 1 aliphatic rings. The van der Waals surface area contributed by atoms with Crippen molar-refractivity contribution < 1.29 is 23.1 Å². The van der Waals surface area contributed by atoms with Crippen molar-refractivity contribution in [1.82, 2.24) is 0 Å². The molecule has 1 heterocycles. The number of rotatable bonds is 3. The predicted octanol–water partition coefficient (Wildman–Crippen LogP) is 4.18. The van der Waals surface area contributed by atoms with Crippen LogP contribution in [0.25, 0.3) is 0 Å². The molecule has 2 aromatic rings. The number of halogens is 2. The molecule has 0 aliphatic carbocycles. The maximum Gasteiger partial charge on any atom is 0.303 e. The molecular weight excluding hydrogens is 352 g/mol. The van der Waals surface area contributed by atoms with Gasteiger partial charge in [0.05, 0.1) is 5.69 Å². The number of anilines is 1. The first kappa shape index (κ1) is 19.0. The number of fused-ring (bicyclic) bond motifs is 1. The highest BCUT2D eigenvalue weighted by molar-refractivity contribution is 5.98. The van der Waals surface area contributed by atoms with E-state index in [4.69, 9.17) is 4.74 Å². The maximum atomic E-state index is 14.0. The van der Waals surface area contributed by atoms with Gasteiger partial charge in [0.2, 0.25) is 0 Å². The van der Waals surface area contributed by atoms with Gasteiger partial charge in [-0.05, 0) is 55.2 Å². The third-order valence-electron chi connectivity index (χ3n) is 4.76. The maximum absolute atomic E-state index is 14.0. The van der Waals surface area contributed by atoms with Crippen molar-refractivity contribution in [3.63, 3.8) is 0 Å². The van der Waals surface area contributed by atoms with Gasteiger partial charge < -0.3 is 9.64 Å². The summed E-state index contributed by atoms with van der Waals surface area (Å²) in [6, 6.07) is 10.6. The molecule has 1 aliphatic heterocycles. The molecule has 3 rings (SSSR count). The smallest absolute Gasteiger partial charge is 0.303 e. The van der Waals surface area contributed by atoms with Gasteiger partial charge in [-0.2, -0.15) is 0 Å². The van der Waals surface area contributed by atoms with Crippen molar-refractivity contribution in [1.29, 1.82) is 0 Å². The SMILES string of the molecule is CC(=O)O[C@@H](C)C(=O)N1CCCC(c2ccc(F)cc2)c2ccc(F)cc21. The summed E-state index contributed by atoms with van der Waals surface area (Å²) in [4.78, 5) is 25.5. The van der Waals surface area contributed by atoms with E-state index in [1.807, 2.05) is 0 Å². The summed E-state index contributed by atoms with van der Waals surface area (Å²) in [6.07, 6.45) is 0.452. The summed E-state index contributed by atoms with van der Waals surface area (Å²) in [7, 11) is 0. The van der Waals surface area contributed by atoms with Crippen LogP contribution in [0.5, 0.6) is 0 Å². The normalized spacial score (nSPS) is 17.6. The van der Waals surface area contributed by atoms with Crippen LogP contribution in [0.3, 0.4) is 0 Å². The molecule has 27 heavy (non-hydrogen) atoms. The van der Waals surface area contributed by atoms with E-state index < -0.39 is 23.8 Å². The Morgan fingerprint density at radius 3 is 2.44 bits per heavy atom. The topological polar surface area (TPSA) is 46.6 Å². The summed E-state index contributed by atoms with van der Waals surface area (Å²) in [6.45, 7) is 3.13. The second-order valence-corrected chi connectivity index (χ2v) is 6.69. The first-order chi connectivity index (χ1) is 12.9. The van der Waals surface area contributed by atoms with Gasteiger partial charge >= 0.3 is 5.97 Å². The van der Waals surface area contributed by atoms with Gasteiger partial charge in [-0.1, -0.05) is 18.2 Å². The Labute approximate surface area is 156 Å². The lowest BCUT2D eigenvalue weighted by atomic mass is 9.87. The zero-order valence-electron chi connectivity index (χ0n) is 15.2. The fourth-order valence-corrected chi connectivity index (χ4v) is 3.56. The quantitative estimate of drug-likeness (QED) is 0.759. The largest absolute Gasteiger partial charge is 0.453 e. The van der Waals surface area contributed by atoms with Gasteiger partial charge in [0, 0.05) is 19.4 Å². The molecule has 0 radical (unpaired) electrons. The molecule has 0 saturated heterocycles. The number of benzene rings is 2. The molecule has 0 N–H and O–H groups in total. The molecule has 0 bridgehead atoms. The number of carbonyl (C=O) groups excluding carboxylic acids is 2. The standard InChI is InChI=1S/C21H21F2NO3/c1-13(27-14(2)25)21(26)24-11-3-4-18(15-5-7-16(22)8-6-15)19-10-9-17(23)12-20(19)24/h5-10,12-13,18H,3-4,11H2,1-2H3/t13-,18?/m0/s1. The molecular formula is C21H21F2NO3. The number of amides is 1. The van der Waals surface area contributed by atoms with E-state index in [1.54, 1.807) is 18.2 Å². The summed E-state index contributed by atoms with van der Waals surface area (Å²) in [5.74, 6) is -1.79. The van der Waals surface area contributed by atoms with Crippen LogP contribution in [-0.2, 0) is 14.3 Å². The van der Waals surface area contributed by atoms with Gasteiger partial charge in [-0.15, -0.1) is 0 Å². The van der Waals surface area contributed by atoms with Crippen LogP contribution >= 0.6 is 0 Å². The second kappa shape index (κ2) is 7.86. The van der Waals surface area contributed by atoms with Crippen LogP contribution < -0.4 is 4.90 Å². The predicted molar refractivity (Wildman–Crippen MR) is 97.5 cm³/mol. The zero-order valence-corrected chi connectivity index (χ0v) is 15.2. The molecule has 0 aromatic heterocycles. The van der Waals surface area contributed by atoms with E-state index in [0.29, 0.717) is 18.7 Å². The molecule has 142 valence electrons. The lowest BCUT2D eigenvalue weighted by Crippen LogP contribution is -2.40. The van der Waals surface area contributed by atoms with Crippen molar-refractivity contribution in [2.24, 2.45) is 0 Å². The molecule has 1 unspecified atom stereocenters. The van der Waals surface area contributed by atoms with Crippen molar-refractivity contribution in [3.8, 4) is 0 Å². The molecule has 2 atom stereocenters. The van der Waals surface area contributed by atoms with E-state index in [1.165, 1.54) is 43.0 Å². The minimum atomic E-state index is -0.957. The highest BCUT2D eigenvalue weighted by Gasteiger charge is 2.31. The molecule has 0 fully saturated rings. The van der Waals surface area contributed by atoms with Crippen LogP contribution in [0.4, 0.5) is 14.5 Å². The fourth-order valence-electron chi connectivity index (χ4n) is 3.56. The van der Waals surface area contributed by atoms with E-state index in [0.717, 1.165) is 17.5 Å². The minimum absolute atomic E-state index is 0.0805. The third-order valence-corrected chi connectivity index (χ3v) is 4.76. The number of esters is 1. The summed E-state index contributed by atoms with van der Waals surface area (Å²) in [5.41, 5.74) is 2.17. The Morgan fingerprint density at radius 2 is 1.78 bits per heavy atom. The highest BCUT2D eigenvalue weighted by atomic mass is 19.1. The lowest BCUT2D eigenvalue weighted by molar-refractivity contribution is -0.151. The number of carbonyl (C=O) groups is 2. The van der Waals surface area contributed by atoms with E-state index in [2.05, 4.69) is 0 Å². The van der Waals surface area contributed by atoms with Crippen LogP contribution in [0, 0.1) is 11.6 Å². The summed E-state index contributed by atoms with van der Waals surface area (Å²) in [5, 5.41) is 0. The first-order valence-corrected chi connectivity index (χ1v) is 8.90. The van der Waals surface area contributed by atoms with E-state index in [9.17, 15) is 18.4 Å². The monoisotopic (exact) mass is 373 g/mol. The average molecular weight is 373 g/mol. The minimum Gasteiger partial charge on any atom is -0.453 e. The van der Waals surface area contributed by atoms with Crippen molar-refractivity contribution in [2.75, 3.05) is 11.4 Å². The van der Waals surface area contributed by atoms with Crippen LogP contribution in [0.1, 0.15) is 43.7 Å². The van der Waals surface area contributed by atoms with Gasteiger partial charge in [-0.25, -0.2) is 8.78 Å². The number of nitrogens with zero attached hydrogens (tertiary/aromatic N) is 1. The number of hydrogen-bond acceptors (Lipinski definition) is 3. The summed E-state index contributed by atoms with van der Waals surface area (Å²) >= 11 is 0. The molecule has 0 spiro atoms. The second-order valence-electron chi connectivity index (χ2n) is 6.69. The molecule has 6 heteroatoms. The Hall–Kier alpha value is -2.76. The van der Waals surface area contributed by atoms with Crippen molar-refractivity contribution >= 4 is 17.6 Å². The molecule has 0 saturated carbocycles. The average Bonchev–Trinajstić information content (AvgIpc) is 2.80. The van der Waals surface area contributed by atoms with Gasteiger partial charge in [0.1, 0.15) is 11.6 Å². The Bertz CT molecular complexity index is 851. The lowest BCUT2D eigenvalue weighted by Gasteiger charge is -2.26. The van der Waals surface area contributed by atoms with E-state index >= 15 is 0 Å². The highest BCUT2D eigenvalue weighted by Crippen LogP contribution is 2.39. The van der Waals surface area contributed by atoms with Gasteiger partial charge in [-0.3, -0.25) is 9.59 Å². The Kier molecular flexibility index (Phi) is 5.54. The van der Waals surface area contributed by atoms with Gasteiger partial charge in [0.15, 0.2) is 6.10 Å². The van der Waals surface area contributed by atoms with Gasteiger partial charge in [0.25, 0.3) is 5.91 Å². The molecule has 2 aromatic carbocycles. The van der Waals surface area contributed by atoms with Crippen molar-refractivity contribution in [2.45, 2.75) is 38.7 Å². The summed E-state index contributed by atoms with van der Waals surface area (Å²) < 4.78 is 32.3. The molecule has 4 nitrogen and oxygen atoms in total.